The van der Waals surface area contributed by atoms with Gasteiger partial charge in [-0.1, -0.05) is 0 Å². The van der Waals surface area contributed by atoms with Gasteiger partial charge in [-0.15, -0.1) is 0 Å². The predicted molar refractivity (Wildman–Crippen MR) is 63.5 cm³/mol. The van der Waals surface area contributed by atoms with Crippen molar-refractivity contribution >= 4 is 11.5 Å². The molecule has 1 aromatic rings. The molecule has 0 unspecified atom stereocenters. The lowest BCUT2D eigenvalue weighted by Gasteiger charge is -2.21. The van der Waals surface area contributed by atoms with Gasteiger partial charge < -0.3 is 15.5 Å². The number of pyridine rings is 1. The molecule has 0 aliphatic carbocycles. The molecule has 0 radical (unpaired) electrons. The van der Waals surface area contributed by atoms with Crippen molar-refractivity contribution in [3.05, 3.63) is 18.3 Å². The third kappa shape index (κ3) is 2.59. The van der Waals surface area contributed by atoms with Crippen molar-refractivity contribution in [1.82, 2.24) is 10.3 Å². The third-order valence-corrected chi connectivity index (χ3v) is 2.71. The van der Waals surface area contributed by atoms with E-state index in [0.717, 1.165) is 32.0 Å². The Morgan fingerprint density at radius 1 is 1.33 bits per heavy atom. The van der Waals surface area contributed by atoms with Crippen LogP contribution in [0.15, 0.2) is 18.3 Å². The summed E-state index contributed by atoms with van der Waals surface area (Å²) in [6.45, 7) is 4.38. The fraction of sp³-hybridized carbons (Fsp3) is 0.545. The Bertz CT molecular complexity index is 288. The lowest BCUT2D eigenvalue weighted by Crippen LogP contribution is -2.27. The number of nitrogens with one attached hydrogen (secondary N) is 2. The standard InChI is InChI=1S/C11H18N4/c1-12-11-4-3-10(9-14-11)15-7-2-5-13-6-8-15/h3-4,9,13H,2,5-8H2,1H3,(H,12,14). The maximum Gasteiger partial charge on any atom is 0.125 e. The number of hydrogen-bond donors (Lipinski definition) is 2. The minimum Gasteiger partial charge on any atom is -0.373 e. The smallest absolute Gasteiger partial charge is 0.125 e. The van der Waals surface area contributed by atoms with E-state index in [2.05, 4.69) is 26.6 Å². The van der Waals surface area contributed by atoms with Gasteiger partial charge >= 0.3 is 0 Å². The zero-order valence-corrected chi connectivity index (χ0v) is 9.16. The average molecular weight is 206 g/mol. The molecule has 82 valence electrons. The summed E-state index contributed by atoms with van der Waals surface area (Å²) in [5, 5.41) is 6.42. The van der Waals surface area contributed by atoms with Crippen LogP contribution in [0.1, 0.15) is 6.42 Å². The van der Waals surface area contributed by atoms with E-state index in [4.69, 9.17) is 0 Å². The summed E-state index contributed by atoms with van der Waals surface area (Å²) >= 11 is 0. The molecule has 0 aromatic carbocycles. The zero-order valence-electron chi connectivity index (χ0n) is 9.16. The molecule has 0 amide bonds. The summed E-state index contributed by atoms with van der Waals surface area (Å²) in [4.78, 5) is 6.71. The van der Waals surface area contributed by atoms with Crippen molar-refractivity contribution in [3.8, 4) is 0 Å². The summed E-state index contributed by atoms with van der Waals surface area (Å²) in [6.07, 6.45) is 3.14. The number of anilines is 2. The second-order valence-electron chi connectivity index (χ2n) is 3.74. The van der Waals surface area contributed by atoms with Crippen molar-refractivity contribution < 1.29 is 0 Å². The van der Waals surface area contributed by atoms with E-state index in [1.165, 1.54) is 12.1 Å². The van der Waals surface area contributed by atoms with Gasteiger partial charge in [-0.2, -0.15) is 0 Å². The van der Waals surface area contributed by atoms with Crippen molar-refractivity contribution in [2.45, 2.75) is 6.42 Å². The summed E-state index contributed by atoms with van der Waals surface area (Å²) in [6, 6.07) is 4.15. The summed E-state index contributed by atoms with van der Waals surface area (Å²) in [5.74, 6) is 0.923. The molecule has 4 nitrogen and oxygen atoms in total. The normalized spacial score (nSPS) is 17.3. The van der Waals surface area contributed by atoms with E-state index in [1.807, 2.05) is 19.3 Å². The predicted octanol–water partition coefficient (Wildman–Crippen LogP) is 0.923. The molecule has 2 heterocycles. The van der Waals surface area contributed by atoms with E-state index in [0.29, 0.717) is 0 Å². The Hall–Kier alpha value is -1.29. The third-order valence-electron chi connectivity index (χ3n) is 2.71. The van der Waals surface area contributed by atoms with Crippen LogP contribution in [0.4, 0.5) is 11.5 Å². The van der Waals surface area contributed by atoms with Crippen LogP contribution in [0.25, 0.3) is 0 Å². The molecule has 0 bridgehead atoms. The molecule has 1 fully saturated rings. The van der Waals surface area contributed by atoms with Crippen LogP contribution in [0.5, 0.6) is 0 Å². The molecule has 2 N–H and O–H groups in total. The fourth-order valence-corrected chi connectivity index (χ4v) is 1.82. The molecule has 0 spiro atoms. The van der Waals surface area contributed by atoms with Gasteiger partial charge in [0.05, 0.1) is 11.9 Å². The monoisotopic (exact) mass is 206 g/mol. The largest absolute Gasteiger partial charge is 0.373 e. The molecule has 1 aromatic heterocycles. The Kier molecular flexibility index (Phi) is 3.40. The lowest BCUT2D eigenvalue weighted by molar-refractivity contribution is 0.724. The second kappa shape index (κ2) is 4.98. The summed E-state index contributed by atoms with van der Waals surface area (Å²) in [7, 11) is 1.89. The molecule has 1 aliphatic rings. The van der Waals surface area contributed by atoms with Crippen LogP contribution in [0.2, 0.25) is 0 Å². The highest BCUT2D eigenvalue weighted by Gasteiger charge is 2.09. The number of hydrogen-bond acceptors (Lipinski definition) is 4. The fourth-order valence-electron chi connectivity index (χ4n) is 1.82. The highest BCUT2D eigenvalue weighted by atomic mass is 15.2. The Morgan fingerprint density at radius 2 is 2.27 bits per heavy atom. The minimum absolute atomic E-state index is 0.923. The lowest BCUT2D eigenvalue weighted by atomic mass is 10.3. The van der Waals surface area contributed by atoms with Gasteiger partial charge in [0.2, 0.25) is 0 Å². The van der Waals surface area contributed by atoms with Gasteiger partial charge in [0.25, 0.3) is 0 Å². The first-order valence-electron chi connectivity index (χ1n) is 5.49. The van der Waals surface area contributed by atoms with E-state index in [-0.39, 0.29) is 0 Å². The van der Waals surface area contributed by atoms with E-state index in [9.17, 15) is 0 Å². The number of aromatic nitrogens is 1. The molecule has 15 heavy (non-hydrogen) atoms. The van der Waals surface area contributed by atoms with Crippen molar-refractivity contribution in [1.29, 1.82) is 0 Å². The van der Waals surface area contributed by atoms with E-state index >= 15 is 0 Å². The molecule has 0 atom stereocenters. The molecule has 1 aliphatic heterocycles. The SMILES string of the molecule is CNc1ccc(N2CCCNCC2)cn1. The molecule has 4 heteroatoms. The topological polar surface area (TPSA) is 40.2 Å². The van der Waals surface area contributed by atoms with Crippen LogP contribution in [-0.2, 0) is 0 Å². The maximum atomic E-state index is 4.33. The van der Waals surface area contributed by atoms with Gasteiger partial charge in [0.15, 0.2) is 0 Å². The van der Waals surface area contributed by atoms with E-state index in [1.54, 1.807) is 0 Å². The first-order valence-corrected chi connectivity index (χ1v) is 5.49. The van der Waals surface area contributed by atoms with Gasteiger partial charge in [0, 0.05) is 26.7 Å². The summed E-state index contributed by atoms with van der Waals surface area (Å²) < 4.78 is 0. The maximum absolute atomic E-state index is 4.33. The number of nitrogens with zero attached hydrogens (tertiary/aromatic N) is 2. The van der Waals surface area contributed by atoms with Crippen LogP contribution < -0.4 is 15.5 Å². The van der Waals surface area contributed by atoms with Gasteiger partial charge in [0.1, 0.15) is 5.82 Å². The second-order valence-corrected chi connectivity index (χ2v) is 3.74. The zero-order chi connectivity index (χ0) is 10.5. The van der Waals surface area contributed by atoms with E-state index < -0.39 is 0 Å². The van der Waals surface area contributed by atoms with Crippen LogP contribution in [0.3, 0.4) is 0 Å². The first kappa shape index (κ1) is 10.2. The molecular formula is C11H18N4. The molecule has 1 saturated heterocycles. The van der Waals surface area contributed by atoms with Gasteiger partial charge in [-0.05, 0) is 25.1 Å². The minimum atomic E-state index is 0.923. The molecular weight excluding hydrogens is 188 g/mol. The van der Waals surface area contributed by atoms with Crippen molar-refractivity contribution in [3.63, 3.8) is 0 Å². The highest BCUT2D eigenvalue weighted by Crippen LogP contribution is 2.15. The van der Waals surface area contributed by atoms with Gasteiger partial charge in [-0.25, -0.2) is 4.98 Å². The average Bonchev–Trinajstić information content (AvgIpc) is 2.58. The van der Waals surface area contributed by atoms with Crippen LogP contribution in [0, 0.1) is 0 Å². The Labute approximate surface area is 90.7 Å². The molecule has 2 rings (SSSR count). The molecule has 0 saturated carbocycles. The van der Waals surface area contributed by atoms with Gasteiger partial charge in [-0.3, -0.25) is 0 Å². The quantitative estimate of drug-likeness (QED) is 0.755. The van der Waals surface area contributed by atoms with Crippen LogP contribution in [-0.4, -0.2) is 38.2 Å². The Balaban J connectivity index is 2.06. The highest BCUT2D eigenvalue weighted by molar-refractivity contribution is 5.49. The number of rotatable bonds is 2. The van der Waals surface area contributed by atoms with Crippen molar-refractivity contribution in [2.24, 2.45) is 0 Å². The van der Waals surface area contributed by atoms with Crippen molar-refractivity contribution in [2.75, 3.05) is 43.4 Å². The van der Waals surface area contributed by atoms with Crippen LogP contribution >= 0.6 is 0 Å². The Morgan fingerprint density at radius 3 is 3.00 bits per heavy atom. The summed E-state index contributed by atoms with van der Waals surface area (Å²) in [5.41, 5.74) is 1.22. The first-order chi connectivity index (χ1) is 7.40.